The van der Waals surface area contributed by atoms with Crippen LogP contribution in [0, 0.1) is 0 Å². The van der Waals surface area contributed by atoms with Crippen molar-refractivity contribution >= 4 is 5.97 Å². The van der Waals surface area contributed by atoms with Crippen molar-refractivity contribution in [2.75, 3.05) is 0 Å². The van der Waals surface area contributed by atoms with Crippen LogP contribution in [0.1, 0.15) is 5.69 Å². The second-order valence-electron chi connectivity index (χ2n) is 2.05. The summed E-state index contributed by atoms with van der Waals surface area (Å²) < 4.78 is 4.44. The largest absolute Gasteiger partial charge is 0.479 e. The predicted octanol–water partition coefficient (Wildman–Crippen LogP) is -0.337. The SMILES string of the molecule is O=C(O)C(O)Cc1ccon1. The number of rotatable bonds is 3. The average molecular weight is 157 g/mol. The Morgan fingerprint density at radius 1 is 1.82 bits per heavy atom. The Labute approximate surface area is 62.2 Å². The first-order valence-corrected chi connectivity index (χ1v) is 3.00. The van der Waals surface area contributed by atoms with Crippen molar-refractivity contribution in [3.8, 4) is 0 Å². The summed E-state index contributed by atoms with van der Waals surface area (Å²) in [6.45, 7) is 0. The summed E-state index contributed by atoms with van der Waals surface area (Å²) in [6.07, 6.45) is -0.101. The van der Waals surface area contributed by atoms with Crippen LogP contribution in [-0.4, -0.2) is 27.4 Å². The first-order chi connectivity index (χ1) is 5.20. The van der Waals surface area contributed by atoms with Gasteiger partial charge in [-0.3, -0.25) is 0 Å². The van der Waals surface area contributed by atoms with Crippen LogP contribution < -0.4 is 0 Å². The molecule has 1 aromatic rings. The highest BCUT2D eigenvalue weighted by molar-refractivity contribution is 5.72. The van der Waals surface area contributed by atoms with Gasteiger partial charge in [-0.2, -0.15) is 0 Å². The van der Waals surface area contributed by atoms with E-state index in [0.717, 1.165) is 0 Å². The lowest BCUT2D eigenvalue weighted by Crippen LogP contribution is -2.22. The quantitative estimate of drug-likeness (QED) is 0.627. The molecule has 0 spiro atoms. The Kier molecular flexibility index (Phi) is 2.22. The van der Waals surface area contributed by atoms with Gasteiger partial charge in [0.15, 0.2) is 6.10 Å². The summed E-state index contributed by atoms with van der Waals surface area (Å²) >= 11 is 0. The molecule has 11 heavy (non-hydrogen) atoms. The highest BCUT2D eigenvalue weighted by atomic mass is 16.5. The summed E-state index contributed by atoms with van der Waals surface area (Å²) in [5.74, 6) is -1.26. The summed E-state index contributed by atoms with van der Waals surface area (Å²) in [6, 6.07) is 1.51. The lowest BCUT2D eigenvalue weighted by atomic mass is 10.2. The third kappa shape index (κ3) is 2.05. The van der Waals surface area contributed by atoms with Gasteiger partial charge in [0.05, 0.1) is 5.69 Å². The van der Waals surface area contributed by atoms with Gasteiger partial charge in [-0.25, -0.2) is 4.79 Å². The van der Waals surface area contributed by atoms with Crippen molar-refractivity contribution < 1.29 is 19.5 Å². The normalized spacial score (nSPS) is 12.8. The van der Waals surface area contributed by atoms with Crippen LogP contribution in [-0.2, 0) is 11.2 Å². The number of aromatic nitrogens is 1. The maximum Gasteiger partial charge on any atom is 0.332 e. The van der Waals surface area contributed by atoms with Gasteiger partial charge in [0.25, 0.3) is 0 Å². The molecule has 1 aromatic heterocycles. The number of hydrogen-bond acceptors (Lipinski definition) is 4. The maximum absolute atomic E-state index is 10.1. The van der Waals surface area contributed by atoms with E-state index < -0.39 is 12.1 Å². The molecule has 0 saturated carbocycles. The fourth-order valence-corrected chi connectivity index (χ4v) is 0.628. The fourth-order valence-electron chi connectivity index (χ4n) is 0.628. The number of nitrogens with zero attached hydrogens (tertiary/aromatic N) is 1. The van der Waals surface area contributed by atoms with E-state index in [9.17, 15) is 4.79 Å². The molecule has 0 aliphatic heterocycles. The molecule has 1 atom stereocenters. The monoisotopic (exact) mass is 157 g/mol. The molecule has 0 saturated heterocycles. The third-order valence-electron chi connectivity index (χ3n) is 1.18. The lowest BCUT2D eigenvalue weighted by Gasteiger charge is -1.99. The number of carboxylic acids is 1. The summed E-state index contributed by atoms with van der Waals surface area (Å²) in [4.78, 5) is 10.1. The molecule has 0 aromatic carbocycles. The van der Waals surface area contributed by atoms with Crippen LogP contribution in [0.4, 0.5) is 0 Å². The van der Waals surface area contributed by atoms with E-state index >= 15 is 0 Å². The van der Waals surface area contributed by atoms with Crippen molar-refractivity contribution in [2.24, 2.45) is 0 Å². The zero-order valence-corrected chi connectivity index (χ0v) is 5.60. The molecule has 1 heterocycles. The summed E-state index contributed by atoms with van der Waals surface area (Å²) in [7, 11) is 0. The van der Waals surface area contributed by atoms with Crippen molar-refractivity contribution in [2.45, 2.75) is 12.5 Å². The Hall–Kier alpha value is -1.36. The molecule has 2 N–H and O–H groups in total. The van der Waals surface area contributed by atoms with Crippen molar-refractivity contribution in [3.05, 3.63) is 18.0 Å². The van der Waals surface area contributed by atoms with E-state index in [1.54, 1.807) is 0 Å². The van der Waals surface area contributed by atoms with Crippen LogP contribution in [0.5, 0.6) is 0 Å². The highest BCUT2D eigenvalue weighted by Crippen LogP contribution is 1.99. The Morgan fingerprint density at radius 3 is 3.00 bits per heavy atom. The van der Waals surface area contributed by atoms with Gasteiger partial charge in [-0.1, -0.05) is 5.16 Å². The minimum atomic E-state index is -1.40. The smallest absolute Gasteiger partial charge is 0.332 e. The van der Waals surface area contributed by atoms with Crippen LogP contribution >= 0.6 is 0 Å². The van der Waals surface area contributed by atoms with Gasteiger partial charge < -0.3 is 14.7 Å². The van der Waals surface area contributed by atoms with Crippen LogP contribution in [0.15, 0.2) is 16.9 Å². The number of aliphatic carboxylic acids is 1. The van der Waals surface area contributed by atoms with Crippen LogP contribution in [0.25, 0.3) is 0 Å². The van der Waals surface area contributed by atoms with E-state index in [1.165, 1.54) is 12.3 Å². The Bertz CT molecular complexity index is 231. The van der Waals surface area contributed by atoms with Crippen molar-refractivity contribution in [3.63, 3.8) is 0 Å². The van der Waals surface area contributed by atoms with Crippen molar-refractivity contribution in [1.29, 1.82) is 0 Å². The van der Waals surface area contributed by atoms with E-state index in [0.29, 0.717) is 5.69 Å². The molecular weight excluding hydrogens is 150 g/mol. The Morgan fingerprint density at radius 2 is 2.55 bits per heavy atom. The molecule has 0 radical (unpaired) electrons. The summed E-state index contributed by atoms with van der Waals surface area (Å²) in [5.41, 5.74) is 0.430. The molecule has 1 unspecified atom stereocenters. The molecule has 5 heteroatoms. The number of hydrogen-bond donors (Lipinski definition) is 2. The molecule has 0 aliphatic carbocycles. The van der Waals surface area contributed by atoms with Crippen LogP contribution in [0.3, 0.4) is 0 Å². The molecule has 5 nitrogen and oxygen atoms in total. The van der Waals surface area contributed by atoms with Gasteiger partial charge in [-0.05, 0) is 0 Å². The van der Waals surface area contributed by atoms with Gasteiger partial charge in [-0.15, -0.1) is 0 Å². The fraction of sp³-hybridized carbons (Fsp3) is 0.333. The molecule has 0 aliphatic rings. The number of aliphatic hydroxyl groups excluding tert-OH is 1. The second kappa shape index (κ2) is 3.16. The average Bonchev–Trinajstić information content (AvgIpc) is 2.39. The third-order valence-corrected chi connectivity index (χ3v) is 1.18. The number of carboxylic acid groups (broad SMARTS) is 1. The topological polar surface area (TPSA) is 83.6 Å². The second-order valence-corrected chi connectivity index (χ2v) is 2.05. The molecule has 60 valence electrons. The number of carbonyl (C=O) groups is 1. The van der Waals surface area contributed by atoms with Crippen molar-refractivity contribution in [1.82, 2.24) is 5.16 Å². The minimum absolute atomic E-state index is 0.0220. The zero-order valence-electron chi connectivity index (χ0n) is 5.60. The van der Waals surface area contributed by atoms with Gasteiger partial charge >= 0.3 is 5.97 Å². The van der Waals surface area contributed by atoms with Gasteiger partial charge in [0.1, 0.15) is 6.26 Å². The first-order valence-electron chi connectivity index (χ1n) is 3.00. The molecule has 1 rings (SSSR count). The standard InChI is InChI=1S/C6H7NO4/c8-5(6(9)10)3-4-1-2-11-7-4/h1-2,5,8H,3H2,(H,9,10). The maximum atomic E-state index is 10.1. The molecular formula is C6H7NO4. The van der Waals surface area contributed by atoms with E-state index in [4.69, 9.17) is 10.2 Å². The highest BCUT2D eigenvalue weighted by Gasteiger charge is 2.14. The molecule has 0 fully saturated rings. The summed E-state index contributed by atoms with van der Waals surface area (Å²) in [5, 5.41) is 20.5. The van der Waals surface area contributed by atoms with Gasteiger partial charge in [0.2, 0.25) is 0 Å². The predicted molar refractivity (Wildman–Crippen MR) is 33.8 cm³/mol. The zero-order chi connectivity index (χ0) is 8.27. The Balaban J connectivity index is 2.50. The van der Waals surface area contributed by atoms with E-state index in [1.807, 2.05) is 0 Å². The molecule has 0 amide bonds. The lowest BCUT2D eigenvalue weighted by molar-refractivity contribution is -0.146. The van der Waals surface area contributed by atoms with E-state index in [-0.39, 0.29) is 6.42 Å². The first kappa shape index (κ1) is 7.74. The molecule has 0 bridgehead atoms. The minimum Gasteiger partial charge on any atom is -0.479 e. The van der Waals surface area contributed by atoms with E-state index in [2.05, 4.69) is 9.68 Å². The van der Waals surface area contributed by atoms with Gasteiger partial charge in [0, 0.05) is 12.5 Å². The number of aliphatic hydroxyl groups is 1. The van der Waals surface area contributed by atoms with Crippen LogP contribution in [0.2, 0.25) is 0 Å².